The number of rotatable bonds is 5. The minimum Gasteiger partial charge on any atom is -0.397 e. The summed E-state index contributed by atoms with van der Waals surface area (Å²) in [4.78, 5) is 23.4. The Bertz CT molecular complexity index is 526. The minimum absolute atomic E-state index is 0.160. The lowest BCUT2D eigenvalue weighted by molar-refractivity contribution is 0.0965. The van der Waals surface area contributed by atoms with Crippen LogP contribution in [0.4, 0.5) is 10.7 Å². The molecule has 1 fully saturated rings. The molecule has 1 aromatic heterocycles. The summed E-state index contributed by atoms with van der Waals surface area (Å²) in [6.45, 7) is 2.13. The van der Waals surface area contributed by atoms with E-state index in [1.165, 1.54) is 7.05 Å². The van der Waals surface area contributed by atoms with Gasteiger partial charge in [-0.15, -0.1) is 11.3 Å². The second-order valence-electron chi connectivity index (χ2n) is 4.65. The Morgan fingerprint density at radius 2 is 2.16 bits per heavy atom. The van der Waals surface area contributed by atoms with Crippen LogP contribution in [0, 0.1) is 5.92 Å². The smallest absolute Gasteiger partial charge is 0.260 e. The Kier molecular flexibility index (Phi) is 3.66. The van der Waals surface area contributed by atoms with Crippen molar-refractivity contribution in [1.29, 1.82) is 0 Å². The van der Waals surface area contributed by atoms with E-state index in [9.17, 15) is 9.59 Å². The van der Waals surface area contributed by atoms with E-state index < -0.39 is 5.91 Å². The molecule has 2 atom stereocenters. The zero-order chi connectivity index (χ0) is 14.2. The second kappa shape index (κ2) is 5.08. The van der Waals surface area contributed by atoms with Crippen molar-refractivity contribution in [2.24, 2.45) is 11.7 Å². The van der Waals surface area contributed by atoms with Crippen molar-refractivity contribution >= 4 is 33.8 Å². The number of anilines is 2. The number of hydrogen-bond acceptors (Lipinski definition) is 5. The molecule has 2 rings (SSSR count). The summed E-state index contributed by atoms with van der Waals surface area (Å²) in [5, 5.41) is 6.45. The Morgan fingerprint density at radius 3 is 2.63 bits per heavy atom. The summed E-state index contributed by atoms with van der Waals surface area (Å²) >= 11 is 1.15. The highest BCUT2D eigenvalue weighted by molar-refractivity contribution is 7.19. The molecule has 0 aliphatic heterocycles. The van der Waals surface area contributed by atoms with E-state index in [0.29, 0.717) is 22.5 Å². The normalized spacial score (nSPS) is 20.9. The predicted molar refractivity (Wildman–Crippen MR) is 76.4 cm³/mol. The average Bonchev–Trinajstić information content (AvgIpc) is 3.04. The molecule has 1 saturated carbocycles. The van der Waals surface area contributed by atoms with Gasteiger partial charge in [0.05, 0.1) is 11.3 Å². The molecular formula is C12H18N4O2S. The monoisotopic (exact) mass is 282 g/mol. The molecule has 6 N–H and O–H groups in total. The van der Waals surface area contributed by atoms with Gasteiger partial charge in [0.25, 0.3) is 11.8 Å². The molecular weight excluding hydrogens is 264 g/mol. The highest BCUT2D eigenvalue weighted by Gasteiger charge is 2.37. The molecule has 0 bridgehead atoms. The van der Waals surface area contributed by atoms with Crippen molar-refractivity contribution in [3.63, 3.8) is 0 Å². The summed E-state index contributed by atoms with van der Waals surface area (Å²) in [5.74, 6) is -0.293. The first-order chi connectivity index (χ1) is 8.99. The zero-order valence-electron chi connectivity index (χ0n) is 10.9. The molecule has 6 nitrogen and oxygen atoms in total. The SMILES string of the molecule is CCC1CC1Nc1sc(C(N)=O)c(N)c1C(=O)NC. The molecule has 1 aliphatic rings. The quantitative estimate of drug-likeness (QED) is 0.645. The van der Waals surface area contributed by atoms with E-state index in [-0.39, 0.29) is 16.5 Å². The number of primary amides is 1. The van der Waals surface area contributed by atoms with E-state index >= 15 is 0 Å². The Balaban J connectivity index is 2.32. The highest BCUT2D eigenvalue weighted by atomic mass is 32.1. The Hall–Kier alpha value is -1.76. The van der Waals surface area contributed by atoms with Gasteiger partial charge in [0, 0.05) is 13.1 Å². The fourth-order valence-corrected chi connectivity index (χ4v) is 3.15. The lowest BCUT2D eigenvalue weighted by atomic mass is 10.2. The fourth-order valence-electron chi connectivity index (χ4n) is 2.12. The third-order valence-electron chi connectivity index (χ3n) is 3.39. The summed E-state index contributed by atoms with van der Waals surface area (Å²) in [7, 11) is 1.53. The van der Waals surface area contributed by atoms with Crippen LogP contribution in [0.5, 0.6) is 0 Å². The molecule has 7 heteroatoms. The summed E-state index contributed by atoms with van der Waals surface area (Å²) in [6.07, 6.45) is 2.17. The van der Waals surface area contributed by atoms with E-state index in [2.05, 4.69) is 17.6 Å². The van der Waals surface area contributed by atoms with Crippen molar-refractivity contribution < 1.29 is 9.59 Å². The van der Waals surface area contributed by atoms with Gasteiger partial charge in [0.2, 0.25) is 0 Å². The van der Waals surface area contributed by atoms with Gasteiger partial charge in [0.15, 0.2) is 0 Å². The Labute approximate surface area is 115 Å². The first kappa shape index (κ1) is 13.7. The second-order valence-corrected chi connectivity index (χ2v) is 5.67. The average molecular weight is 282 g/mol. The van der Waals surface area contributed by atoms with E-state index in [1.54, 1.807) is 0 Å². The van der Waals surface area contributed by atoms with Gasteiger partial charge < -0.3 is 22.1 Å². The number of carbonyl (C=O) groups is 2. The summed E-state index contributed by atoms with van der Waals surface area (Å²) in [5.41, 5.74) is 11.6. The fraction of sp³-hybridized carbons (Fsp3) is 0.500. The minimum atomic E-state index is -0.608. The molecule has 19 heavy (non-hydrogen) atoms. The van der Waals surface area contributed by atoms with Gasteiger partial charge in [-0.1, -0.05) is 13.3 Å². The van der Waals surface area contributed by atoms with Gasteiger partial charge in [0.1, 0.15) is 9.88 Å². The largest absolute Gasteiger partial charge is 0.397 e. The van der Waals surface area contributed by atoms with Crippen LogP contribution >= 0.6 is 11.3 Å². The van der Waals surface area contributed by atoms with E-state index in [0.717, 1.165) is 24.2 Å². The molecule has 2 unspecified atom stereocenters. The molecule has 0 saturated heterocycles. The van der Waals surface area contributed by atoms with Crippen molar-refractivity contribution in [1.82, 2.24) is 5.32 Å². The maximum absolute atomic E-state index is 11.9. The van der Waals surface area contributed by atoms with E-state index in [4.69, 9.17) is 11.5 Å². The topological polar surface area (TPSA) is 110 Å². The third-order valence-corrected chi connectivity index (χ3v) is 4.54. The van der Waals surface area contributed by atoms with Crippen LogP contribution in [0.2, 0.25) is 0 Å². The third kappa shape index (κ3) is 2.51. The molecule has 1 aromatic rings. The van der Waals surface area contributed by atoms with Crippen LogP contribution in [-0.2, 0) is 0 Å². The van der Waals surface area contributed by atoms with Crippen LogP contribution < -0.4 is 22.1 Å². The first-order valence-electron chi connectivity index (χ1n) is 6.20. The highest BCUT2D eigenvalue weighted by Crippen LogP contribution is 2.41. The summed E-state index contributed by atoms with van der Waals surface area (Å²) in [6, 6.07) is 0.354. The molecule has 1 heterocycles. The number of nitrogens with two attached hydrogens (primary N) is 2. The lowest BCUT2D eigenvalue weighted by Gasteiger charge is -2.06. The number of hydrogen-bond donors (Lipinski definition) is 4. The predicted octanol–water partition coefficient (Wildman–Crippen LogP) is 0.999. The van der Waals surface area contributed by atoms with Gasteiger partial charge in [-0.25, -0.2) is 0 Å². The molecule has 2 amide bonds. The lowest BCUT2D eigenvalue weighted by Crippen LogP contribution is -2.21. The first-order valence-corrected chi connectivity index (χ1v) is 7.01. The van der Waals surface area contributed by atoms with Crippen LogP contribution in [0.3, 0.4) is 0 Å². The van der Waals surface area contributed by atoms with Gasteiger partial charge >= 0.3 is 0 Å². The number of nitrogen functional groups attached to an aromatic ring is 1. The molecule has 0 aromatic carbocycles. The van der Waals surface area contributed by atoms with Crippen molar-refractivity contribution in [3.05, 3.63) is 10.4 Å². The standard InChI is InChI=1S/C12H18N4O2S/c1-3-5-4-6(5)16-12-7(11(18)15-2)8(13)9(19-12)10(14)17/h5-6,16H,3-4,13H2,1-2H3,(H2,14,17)(H,15,18). The van der Waals surface area contributed by atoms with Gasteiger partial charge in [-0.2, -0.15) is 0 Å². The maximum Gasteiger partial charge on any atom is 0.260 e. The van der Waals surface area contributed by atoms with E-state index in [1.807, 2.05) is 0 Å². The molecule has 1 aliphatic carbocycles. The van der Waals surface area contributed by atoms with Crippen LogP contribution in [0.25, 0.3) is 0 Å². The van der Waals surface area contributed by atoms with Crippen molar-refractivity contribution in [2.75, 3.05) is 18.1 Å². The molecule has 104 valence electrons. The van der Waals surface area contributed by atoms with Crippen LogP contribution in [-0.4, -0.2) is 24.9 Å². The van der Waals surface area contributed by atoms with Gasteiger partial charge in [-0.3, -0.25) is 9.59 Å². The van der Waals surface area contributed by atoms with Crippen molar-refractivity contribution in [3.8, 4) is 0 Å². The zero-order valence-corrected chi connectivity index (χ0v) is 11.8. The molecule has 0 radical (unpaired) electrons. The van der Waals surface area contributed by atoms with Crippen molar-refractivity contribution in [2.45, 2.75) is 25.8 Å². The maximum atomic E-state index is 11.9. The number of carbonyl (C=O) groups excluding carboxylic acids is 2. The van der Waals surface area contributed by atoms with Gasteiger partial charge in [-0.05, 0) is 12.3 Å². The molecule has 0 spiro atoms. The summed E-state index contributed by atoms with van der Waals surface area (Å²) < 4.78 is 0. The van der Waals surface area contributed by atoms with Crippen LogP contribution in [0.15, 0.2) is 0 Å². The number of thiophene rings is 1. The number of nitrogens with one attached hydrogen (secondary N) is 2. The Morgan fingerprint density at radius 1 is 1.47 bits per heavy atom. The number of amides is 2. The van der Waals surface area contributed by atoms with Crippen LogP contribution in [0.1, 0.15) is 39.8 Å².